The molecule has 0 aliphatic rings. The first kappa shape index (κ1) is 29.3. The fourth-order valence-corrected chi connectivity index (χ4v) is 0. The molecule has 0 heterocycles. The zero-order valence-electron chi connectivity index (χ0n) is 5.34. The maximum atomic E-state index is 10.2. The van der Waals surface area contributed by atoms with Crippen LogP contribution in [0.5, 0.6) is 0 Å². The van der Waals surface area contributed by atoms with E-state index in [4.69, 9.17) is 28.8 Å². The van der Waals surface area contributed by atoms with Crippen molar-refractivity contribution in [2.75, 3.05) is 0 Å². The Kier molecular flexibility index (Phi) is 26.3. The maximum absolute atomic E-state index is 10.2. The van der Waals surface area contributed by atoms with Crippen LogP contribution in [0.2, 0.25) is 0 Å². The van der Waals surface area contributed by atoms with Gasteiger partial charge in [0.15, 0.2) is 0 Å². The Morgan fingerprint density at radius 3 is 0.538 bits per heavy atom. The van der Waals surface area contributed by atoms with Gasteiger partial charge in [-0.3, -0.25) is 0 Å². The van der Waals surface area contributed by atoms with E-state index >= 15 is 0 Å². The van der Waals surface area contributed by atoms with Crippen molar-refractivity contribution in [3.63, 3.8) is 0 Å². The van der Waals surface area contributed by atoms with E-state index in [1.165, 1.54) is 0 Å². The van der Waals surface area contributed by atoms with Gasteiger partial charge in [0.2, 0.25) is 0 Å². The first-order valence-electron chi connectivity index (χ1n) is 1.60. The molecule has 79 valence electrons. The second-order valence-electron chi connectivity index (χ2n) is 0.963. The smallest absolute Gasteiger partial charge is 0.857 e. The van der Waals surface area contributed by atoms with Crippen molar-refractivity contribution in [3.8, 4) is 0 Å². The van der Waals surface area contributed by atoms with Gasteiger partial charge >= 0.3 is 51.2 Å². The van der Waals surface area contributed by atoms with Gasteiger partial charge in [-0.1, -0.05) is 18.3 Å². The van der Waals surface area contributed by atoms with Gasteiger partial charge in [-0.05, 0) is 0 Å². The third-order valence-corrected chi connectivity index (χ3v) is 0. The average Bonchev–Trinajstić information content (AvgIpc) is 1.12. The fraction of sp³-hybridized carbons (Fsp3) is 0. The van der Waals surface area contributed by atoms with E-state index in [1.54, 1.807) is 0 Å². The van der Waals surface area contributed by atoms with Gasteiger partial charge in [0.1, 0.15) is 0 Å². The Labute approximate surface area is 106 Å². The van der Waals surface area contributed by atoms with Gasteiger partial charge in [-0.25, -0.2) is 0 Å². The molecule has 0 saturated heterocycles. The van der Waals surface area contributed by atoms with E-state index in [2.05, 4.69) is 0 Å². The number of hydrogen-bond donors (Lipinski definition) is 0. The van der Waals surface area contributed by atoms with Crippen LogP contribution in [0.1, 0.15) is 0 Å². The molecule has 0 aromatic heterocycles. The van der Waals surface area contributed by atoms with Crippen LogP contribution in [0.25, 0.3) is 0 Å². The van der Waals surface area contributed by atoms with Crippen LogP contribution < -0.4 is 28.8 Å². The molecule has 0 aliphatic carbocycles. The summed E-state index contributed by atoms with van der Waals surface area (Å²) in [6.45, 7) is 0. The van der Waals surface area contributed by atoms with E-state index in [9.17, 15) is 8.22 Å². The molecular weight excluding hydrogens is 355 g/mol. The first-order valence-corrected chi connectivity index (χ1v) is 4.81. The topological polar surface area (TPSA) is 138 Å². The number of halogens is 2. The molecule has 0 amide bonds. The Hall–Kier alpha value is 1.61. The summed E-state index contributed by atoms with van der Waals surface area (Å²) < 4.78 is 20.3. The van der Waals surface area contributed by atoms with Crippen molar-refractivity contribution in [1.82, 2.24) is 0 Å². The van der Waals surface area contributed by atoms with Crippen molar-refractivity contribution in [1.29, 1.82) is 0 Å². The molecule has 0 spiro atoms. The van der Waals surface area contributed by atoms with Crippen LogP contribution in [-0.2, 0) is 51.2 Å². The molecule has 0 aliphatic heterocycles. The molecular formula is F2Mn3O6Si2. The van der Waals surface area contributed by atoms with Crippen LogP contribution in [0.15, 0.2) is 0 Å². The minimum Gasteiger partial charge on any atom is -0.857 e. The van der Waals surface area contributed by atoms with Gasteiger partial charge in [0.05, 0.1) is 0 Å². The molecule has 6 nitrogen and oxygen atoms in total. The Bertz CT molecular complexity index is 66.9. The quantitative estimate of drug-likeness (QED) is 0.313. The molecule has 13 heavy (non-hydrogen) atoms. The summed E-state index contributed by atoms with van der Waals surface area (Å²) >= 11 is 0. The maximum Gasteiger partial charge on any atom is 2.00 e. The van der Waals surface area contributed by atoms with Crippen LogP contribution in [-0.4, -0.2) is 18.3 Å². The molecule has 0 fully saturated rings. The van der Waals surface area contributed by atoms with Gasteiger partial charge in [0, 0.05) is 0 Å². The monoisotopic (exact) mass is 355 g/mol. The van der Waals surface area contributed by atoms with Gasteiger partial charge in [0.25, 0.3) is 0 Å². The van der Waals surface area contributed by atoms with E-state index in [1.807, 2.05) is 0 Å². The molecule has 0 unspecified atom stereocenters. The van der Waals surface area contributed by atoms with Gasteiger partial charge in [-0.2, -0.15) is 0 Å². The molecule has 0 N–H and O–H groups in total. The van der Waals surface area contributed by atoms with Crippen LogP contribution in [0.3, 0.4) is 0 Å². The Morgan fingerprint density at radius 1 is 0.538 bits per heavy atom. The zero-order valence-corrected chi connectivity index (χ0v) is 10.9. The third kappa shape index (κ3) is 706. The number of rotatable bonds is 0. The summed E-state index contributed by atoms with van der Waals surface area (Å²) in [5.74, 6) is 0. The standard InChI is InChI=1S/2FO3Si.3Mn/c2*1-5(2,3)4;;;/q2*-3;3*+2. The molecule has 0 aromatic rings. The van der Waals surface area contributed by atoms with Crippen LogP contribution >= 0.6 is 0 Å². The van der Waals surface area contributed by atoms with Gasteiger partial charge in [-0.15, -0.1) is 0 Å². The minimum atomic E-state index is -5.86. The normalized spacial score (nSPS) is 9.23. The molecule has 0 bridgehead atoms. The Balaban J connectivity index is -0.0000000267. The summed E-state index contributed by atoms with van der Waals surface area (Å²) in [5, 5.41) is 0. The molecule has 0 atom stereocenters. The average molecular weight is 355 g/mol. The van der Waals surface area contributed by atoms with Crippen molar-refractivity contribution >= 4 is 18.3 Å². The summed E-state index contributed by atoms with van der Waals surface area (Å²) in [6.07, 6.45) is 0. The Morgan fingerprint density at radius 2 is 0.538 bits per heavy atom. The zero-order chi connectivity index (χ0) is 9.00. The molecule has 0 saturated carbocycles. The molecule has 3 radical (unpaired) electrons. The second-order valence-corrected chi connectivity index (χ2v) is 2.89. The van der Waals surface area contributed by atoms with Gasteiger partial charge < -0.3 is 37.0 Å². The molecule has 13 heteroatoms. The van der Waals surface area contributed by atoms with Crippen molar-refractivity contribution < 1.29 is 88.2 Å². The van der Waals surface area contributed by atoms with Crippen molar-refractivity contribution in [2.45, 2.75) is 0 Å². The van der Waals surface area contributed by atoms with Crippen LogP contribution in [0, 0.1) is 0 Å². The molecule has 0 rings (SSSR count). The SMILES string of the molecule is [Mn+2].[Mn+2].[Mn+2].[O-][Si]([O-])([O-])F.[O-][Si]([O-])([O-])F. The number of hydrogen-bond acceptors (Lipinski definition) is 6. The minimum absolute atomic E-state index is 0. The van der Waals surface area contributed by atoms with Crippen molar-refractivity contribution in [2.24, 2.45) is 0 Å². The third-order valence-electron chi connectivity index (χ3n) is 0. The van der Waals surface area contributed by atoms with E-state index < -0.39 is 18.3 Å². The summed E-state index contributed by atoms with van der Waals surface area (Å²) in [4.78, 5) is 50.8. The molecule has 0 aromatic carbocycles. The van der Waals surface area contributed by atoms with E-state index in [-0.39, 0.29) is 51.2 Å². The largest absolute Gasteiger partial charge is 2.00 e. The fourth-order valence-electron chi connectivity index (χ4n) is 0. The van der Waals surface area contributed by atoms with Crippen molar-refractivity contribution in [3.05, 3.63) is 0 Å². The van der Waals surface area contributed by atoms with E-state index in [0.717, 1.165) is 0 Å². The second kappa shape index (κ2) is 11.7. The van der Waals surface area contributed by atoms with Crippen LogP contribution in [0.4, 0.5) is 8.22 Å². The predicted octanol–water partition coefficient (Wildman–Crippen LogP) is -7.06. The summed E-state index contributed by atoms with van der Waals surface area (Å²) in [5.41, 5.74) is 0. The summed E-state index contributed by atoms with van der Waals surface area (Å²) in [7, 11) is -11.7. The first-order chi connectivity index (χ1) is 4.00. The summed E-state index contributed by atoms with van der Waals surface area (Å²) in [6, 6.07) is 0. The predicted molar refractivity (Wildman–Crippen MR) is 13.7 cm³/mol. The van der Waals surface area contributed by atoms with E-state index in [0.29, 0.717) is 0 Å².